The number of nitrogens with two attached hydrogens (primary N) is 1. The summed E-state index contributed by atoms with van der Waals surface area (Å²) in [6.45, 7) is 12.8. The average molecular weight is 547 g/mol. The van der Waals surface area contributed by atoms with Gasteiger partial charge in [0, 0.05) is 29.2 Å². The molecule has 13 heteroatoms. The van der Waals surface area contributed by atoms with Crippen molar-refractivity contribution in [2.75, 3.05) is 71.8 Å². The highest BCUT2D eigenvalue weighted by Crippen LogP contribution is 2.36. The number of ether oxygens (including phenoxy) is 1. The molecule has 10 nitrogen and oxygen atoms in total. The van der Waals surface area contributed by atoms with Crippen LogP contribution in [0.5, 0.6) is 5.75 Å². The quantitative estimate of drug-likeness (QED) is 0.219. The molecule has 0 atom stereocenters. The Kier molecular flexibility index (Phi) is 7.98. The summed E-state index contributed by atoms with van der Waals surface area (Å²) < 4.78 is 47.0. The van der Waals surface area contributed by atoms with Crippen LogP contribution >= 0.6 is 18.9 Å². The van der Waals surface area contributed by atoms with Crippen LogP contribution in [0.25, 0.3) is 10.1 Å². The van der Waals surface area contributed by atoms with E-state index in [4.69, 9.17) is 10.5 Å². The van der Waals surface area contributed by atoms with Crippen LogP contribution in [0.15, 0.2) is 22.4 Å². The monoisotopic (exact) mass is 546 g/mol. The van der Waals surface area contributed by atoms with Crippen LogP contribution in [-0.4, -0.2) is 89.2 Å². The molecule has 3 saturated heterocycles. The third kappa shape index (κ3) is 6.26. The van der Waals surface area contributed by atoms with Gasteiger partial charge in [-0.15, -0.1) is 11.3 Å². The lowest BCUT2D eigenvalue weighted by atomic mass is 10.1. The zero-order valence-corrected chi connectivity index (χ0v) is 22.6. The number of thiophene rings is 1. The van der Waals surface area contributed by atoms with Crippen LogP contribution in [0.4, 0.5) is 0 Å². The maximum absolute atomic E-state index is 12.5. The second-order valence-electron chi connectivity index (χ2n) is 9.91. The van der Waals surface area contributed by atoms with Crippen molar-refractivity contribution in [1.29, 1.82) is 0 Å². The van der Waals surface area contributed by atoms with Gasteiger partial charge >= 0.3 is 0 Å². The molecule has 3 fully saturated rings. The number of nitrogens with zero attached hydrogens (tertiary/aromatic N) is 2. The van der Waals surface area contributed by atoms with Crippen molar-refractivity contribution in [3.05, 3.63) is 23.8 Å². The van der Waals surface area contributed by atoms with Gasteiger partial charge in [0.05, 0.1) is 19.7 Å². The lowest BCUT2D eigenvalue weighted by molar-refractivity contribution is -1.08. The molecular weight excluding hydrogens is 511 g/mol. The number of nitrogens with one attached hydrogen (secondary N) is 1. The van der Waals surface area contributed by atoms with Crippen LogP contribution in [0.1, 0.15) is 18.4 Å². The third-order valence-corrected chi connectivity index (χ3v) is 11.6. The highest BCUT2D eigenvalue weighted by atomic mass is 32.2. The molecule has 2 aromatic rings. The molecule has 0 spiro atoms. The van der Waals surface area contributed by atoms with E-state index < -0.39 is 23.9 Å². The Bertz CT molecular complexity index is 1190. The first kappa shape index (κ1) is 27.0. The normalized spacial score (nSPS) is 24.8. The molecule has 196 valence electrons. The summed E-state index contributed by atoms with van der Waals surface area (Å²) in [6.07, 6.45) is 0.913. The topological polar surface area (TPSA) is 145 Å². The fourth-order valence-corrected chi connectivity index (χ4v) is 9.15. The lowest BCUT2D eigenvalue weighted by Crippen LogP contribution is -2.75. The van der Waals surface area contributed by atoms with E-state index in [1.54, 1.807) is 6.92 Å². The molecule has 0 aliphatic carbocycles. The van der Waals surface area contributed by atoms with Gasteiger partial charge in [-0.25, -0.2) is 13.1 Å². The molecule has 2 bridgehead atoms. The average Bonchev–Trinajstić information content (AvgIpc) is 3.17. The summed E-state index contributed by atoms with van der Waals surface area (Å²) in [5.74, 6) is 0.675. The molecule has 3 aliphatic heterocycles. The van der Waals surface area contributed by atoms with Crippen molar-refractivity contribution in [1.82, 2.24) is 4.72 Å². The Morgan fingerprint density at radius 1 is 1.09 bits per heavy atom. The summed E-state index contributed by atoms with van der Waals surface area (Å²) in [4.78, 5) is 21.7. The Morgan fingerprint density at radius 2 is 1.69 bits per heavy atom. The van der Waals surface area contributed by atoms with Gasteiger partial charge < -0.3 is 33.8 Å². The highest BCUT2D eigenvalue weighted by molar-refractivity contribution is 7.92. The van der Waals surface area contributed by atoms with E-state index in [0.717, 1.165) is 47.4 Å². The number of rotatable bonds is 12. The van der Waals surface area contributed by atoms with E-state index in [1.807, 2.05) is 22.9 Å². The number of sulfonamides is 1. The van der Waals surface area contributed by atoms with Crippen molar-refractivity contribution in [2.45, 2.75) is 24.0 Å². The van der Waals surface area contributed by atoms with E-state index >= 15 is 0 Å². The molecular formula is C22H35N4O6PS2. The van der Waals surface area contributed by atoms with Gasteiger partial charge in [-0.1, -0.05) is 7.60 Å². The van der Waals surface area contributed by atoms with Gasteiger partial charge in [0.1, 0.15) is 49.2 Å². The molecule has 1 aromatic carbocycles. The summed E-state index contributed by atoms with van der Waals surface area (Å²) in [6, 6.07) is 5.45. The van der Waals surface area contributed by atoms with Gasteiger partial charge in [-0.05, 0) is 37.2 Å². The smallest absolute Gasteiger partial charge is 0.250 e. The minimum atomic E-state index is -4.99. The Labute approximate surface area is 211 Å². The second kappa shape index (κ2) is 10.4. The van der Waals surface area contributed by atoms with Crippen molar-refractivity contribution >= 4 is 39.0 Å². The molecule has 5 rings (SSSR count). The standard InChI is InChI=1S/C22H35N4O6PS2/c1-18-20-16-19(4-5-21(20)34-22(18)35(30,31)24-17-33(27,28)29)32-15-3-8-26-12-9-25(10-13-26,11-14-26)7-2-6-23/h4-5,16,24H,2-3,6-15,17,23H2,1H3. The highest BCUT2D eigenvalue weighted by Gasteiger charge is 2.48. The van der Waals surface area contributed by atoms with Gasteiger partial charge in [0.15, 0.2) is 0 Å². The van der Waals surface area contributed by atoms with Crippen molar-refractivity contribution in [3.63, 3.8) is 0 Å². The molecule has 0 saturated carbocycles. The van der Waals surface area contributed by atoms with Crippen LogP contribution in [0.2, 0.25) is 0 Å². The summed E-state index contributed by atoms with van der Waals surface area (Å²) in [7, 11) is -9.09. The van der Waals surface area contributed by atoms with Gasteiger partial charge in [-0.3, -0.25) is 0 Å². The molecule has 0 unspecified atom stereocenters. The van der Waals surface area contributed by atoms with Crippen molar-refractivity contribution in [2.24, 2.45) is 5.73 Å². The third-order valence-electron chi connectivity index (χ3n) is 7.58. The van der Waals surface area contributed by atoms with Crippen LogP contribution < -0.4 is 25.0 Å². The maximum Gasteiger partial charge on any atom is 0.250 e. The molecule has 0 amide bonds. The van der Waals surface area contributed by atoms with Crippen molar-refractivity contribution < 1.29 is 36.5 Å². The van der Waals surface area contributed by atoms with E-state index in [0.29, 0.717) is 17.9 Å². The van der Waals surface area contributed by atoms with Gasteiger partial charge in [-0.2, -0.15) is 0 Å². The minimum Gasteiger partial charge on any atom is -0.810 e. The SMILES string of the molecule is Cc1c(S(=O)(=O)NCP(=O)([O-])[O-])sc2ccc(OCCC[N+]34CC[N+](CCCN)(CC3)CC4)cc12. The largest absolute Gasteiger partial charge is 0.810 e. The van der Waals surface area contributed by atoms with Crippen LogP contribution in [0, 0.1) is 6.92 Å². The van der Waals surface area contributed by atoms with Crippen molar-refractivity contribution in [3.8, 4) is 5.75 Å². The lowest BCUT2D eigenvalue weighted by Gasteiger charge is -2.55. The molecule has 4 heterocycles. The molecule has 35 heavy (non-hydrogen) atoms. The Balaban J connectivity index is 1.33. The van der Waals surface area contributed by atoms with Crippen LogP contribution in [0.3, 0.4) is 0 Å². The fourth-order valence-electron chi connectivity index (χ4n) is 5.38. The number of hydrogen-bond acceptors (Lipinski definition) is 8. The fraction of sp³-hybridized carbons (Fsp3) is 0.636. The summed E-state index contributed by atoms with van der Waals surface area (Å²) in [5.41, 5.74) is 6.23. The summed E-state index contributed by atoms with van der Waals surface area (Å²) in [5, 5.41) is 0.737. The number of quaternary nitrogens is 2. The first-order valence-corrected chi connectivity index (χ1v) is 16.1. The molecule has 0 radical (unpaired) electrons. The van der Waals surface area contributed by atoms with E-state index in [9.17, 15) is 22.8 Å². The van der Waals surface area contributed by atoms with Crippen LogP contribution in [-0.2, 0) is 14.6 Å². The second-order valence-corrected chi connectivity index (χ2v) is 14.5. The van der Waals surface area contributed by atoms with E-state index in [2.05, 4.69) is 0 Å². The number of fused-ring (bicyclic) bond motifs is 4. The number of piperazine rings is 3. The van der Waals surface area contributed by atoms with Gasteiger partial charge in [0.25, 0.3) is 10.0 Å². The predicted octanol–water partition coefficient (Wildman–Crippen LogP) is 0.138. The minimum absolute atomic E-state index is 0.00466. The van der Waals surface area contributed by atoms with Gasteiger partial charge in [0.2, 0.25) is 0 Å². The number of benzene rings is 1. The zero-order chi connectivity index (χ0) is 25.3. The molecule has 3 aliphatic rings. The first-order valence-electron chi connectivity index (χ1n) is 12.0. The maximum atomic E-state index is 12.5. The molecule has 1 aromatic heterocycles. The van der Waals surface area contributed by atoms with E-state index in [1.165, 1.54) is 54.8 Å². The van der Waals surface area contributed by atoms with E-state index in [-0.39, 0.29) is 4.21 Å². The molecule has 3 N–H and O–H groups in total. The Morgan fingerprint density at radius 3 is 2.26 bits per heavy atom. The predicted molar refractivity (Wildman–Crippen MR) is 133 cm³/mol. The number of hydrogen-bond donors (Lipinski definition) is 2. The first-order chi connectivity index (χ1) is 16.5. The summed E-state index contributed by atoms with van der Waals surface area (Å²) >= 11 is 1.04. The zero-order valence-electron chi connectivity index (χ0n) is 20.1. The number of aryl methyl sites for hydroxylation is 1. The Hall–Kier alpha value is -1.08.